The Morgan fingerprint density at radius 1 is 1.06 bits per heavy atom. The third kappa shape index (κ3) is 13.8. The summed E-state index contributed by atoms with van der Waals surface area (Å²) < 4.78 is 5.34. The first-order valence-corrected chi connectivity index (χ1v) is 7.16. The molecule has 0 saturated heterocycles. The molecule has 0 fully saturated rings. The second kappa shape index (κ2) is 12.3. The predicted molar refractivity (Wildman–Crippen MR) is 75.6 cm³/mol. The van der Waals surface area contributed by atoms with Crippen LogP contribution < -0.4 is 5.32 Å². The lowest BCUT2D eigenvalue weighted by molar-refractivity contribution is 0.121. The first-order chi connectivity index (χ1) is 8.16. The molecule has 0 atom stereocenters. The van der Waals surface area contributed by atoms with Crippen LogP contribution in [0.3, 0.4) is 0 Å². The van der Waals surface area contributed by atoms with Gasteiger partial charge >= 0.3 is 0 Å². The quantitative estimate of drug-likeness (QED) is 0.534. The number of nitrogens with one attached hydrogen (secondary N) is 1. The molecule has 1 N–H and O–H groups in total. The zero-order valence-electron chi connectivity index (χ0n) is 12.3. The van der Waals surface area contributed by atoms with Crippen LogP contribution in [0.5, 0.6) is 0 Å². The maximum absolute atomic E-state index is 5.34. The maximum atomic E-state index is 5.34. The van der Waals surface area contributed by atoms with Crippen LogP contribution in [0.4, 0.5) is 0 Å². The molecule has 0 aliphatic rings. The van der Waals surface area contributed by atoms with E-state index >= 15 is 0 Å². The van der Waals surface area contributed by atoms with Crippen molar-refractivity contribution in [2.24, 2.45) is 0 Å². The van der Waals surface area contributed by atoms with Gasteiger partial charge in [0.15, 0.2) is 0 Å². The molecule has 0 bridgehead atoms. The largest absolute Gasteiger partial charge is 0.380 e. The van der Waals surface area contributed by atoms with Crippen LogP contribution in [0.25, 0.3) is 0 Å². The molecule has 0 aromatic carbocycles. The van der Waals surface area contributed by atoms with E-state index in [1.54, 1.807) is 0 Å². The van der Waals surface area contributed by atoms with E-state index in [1.807, 2.05) is 6.92 Å². The van der Waals surface area contributed by atoms with Crippen molar-refractivity contribution >= 4 is 0 Å². The predicted octanol–water partition coefficient (Wildman–Crippen LogP) is 2.51. The molecular weight excluding hydrogens is 212 g/mol. The van der Waals surface area contributed by atoms with Gasteiger partial charge in [0.25, 0.3) is 0 Å². The van der Waals surface area contributed by atoms with Crippen LogP contribution in [0.2, 0.25) is 0 Å². The molecule has 0 aliphatic heterocycles. The lowest BCUT2D eigenvalue weighted by Crippen LogP contribution is -2.24. The monoisotopic (exact) mass is 244 g/mol. The van der Waals surface area contributed by atoms with Gasteiger partial charge in [-0.05, 0) is 39.9 Å². The van der Waals surface area contributed by atoms with Crippen molar-refractivity contribution in [1.82, 2.24) is 10.2 Å². The van der Waals surface area contributed by atoms with Gasteiger partial charge in [-0.25, -0.2) is 0 Å². The zero-order chi connectivity index (χ0) is 12.9. The van der Waals surface area contributed by atoms with E-state index in [0.717, 1.165) is 26.3 Å². The van der Waals surface area contributed by atoms with Crippen molar-refractivity contribution in [3.8, 4) is 0 Å². The highest BCUT2D eigenvalue weighted by Crippen LogP contribution is 2.00. The number of ether oxygens (including phenoxy) is 1. The van der Waals surface area contributed by atoms with Gasteiger partial charge < -0.3 is 15.0 Å². The Labute approximate surface area is 108 Å². The number of nitrogens with zero attached hydrogens (tertiary/aromatic N) is 1. The third-order valence-corrected chi connectivity index (χ3v) is 2.84. The topological polar surface area (TPSA) is 24.5 Å². The first kappa shape index (κ1) is 16.9. The van der Waals surface area contributed by atoms with Crippen molar-refractivity contribution in [1.29, 1.82) is 0 Å². The van der Waals surface area contributed by atoms with Crippen LogP contribution in [-0.4, -0.2) is 50.8 Å². The Morgan fingerprint density at radius 2 is 1.76 bits per heavy atom. The first-order valence-electron chi connectivity index (χ1n) is 7.16. The van der Waals surface area contributed by atoms with Crippen molar-refractivity contribution in [3.63, 3.8) is 0 Å². The van der Waals surface area contributed by atoms with E-state index in [1.165, 1.54) is 32.2 Å². The van der Waals surface area contributed by atoms with E-state index in [9.17, 15) is 0 Å². The highest BCUT2D eigenvalue weighted by molar-refractivity contribution is 4.55. The molecular formula is C14H32N2O. The highest BCUT2D eigenvalue weighted by atomic mass is 16.5. The molecule has 0 unspecified atom stereocenters. The van der Waals surface area contributed by atoms with Gasteiger partial charge in [0.05, 0.1) is 6.61 Å². The average Bonchev–Trinajstić information content (AvgIpc) is 2.28. The summed E-state index contributed by atoms with van der Waals surface area (Å²) in [6.45, 7) is 11.6. The van der Waals surface area contributed by atoms with Gasteiger partial charge in [-0.3, -0.25) is 0 Å². The normalized spacial score (nSPS) is 11.6. The Bertz CT molecular complexity index is 151. The molecule has 0 heterocycles. The number of unbranched alkanes of at least 4 members (excludes halogenated alkanes) is 3. The van der Waals surface area contributed by atoms with Gasteiger partial charge in [-0.2, -0.15) is 0 Å². The van der Waals surface area contributed by atoms with Gasteiger partial charge in [0.2, 0.25) is 0 Å². The van der Waals surface area contributed by atoms with Gasteiger partial charge in [-0.1, -0.05) is 26.7 Å². The second-order valence-electron chi connectivity index (χ2n) is 5.02. The summed E-state index contributed by atoms with van der Waals surface area (Å²) in [6, 6.07) is 0.625. The van der Waals surface area contributed by atoms with E-state index < -0.39 is 0 Å². The van der Waals surface area contributed by atoms with Crippen LogP contribution in [-0.2, 0) is 4.74 Å². The molecule has 0 aromatic heterocycles. The summed E-state index contributed by atoms with van der Waals surface area (Å²) >= 11 is 0. The summed E-state index contributed by atoms with van der Waals surface area (Å²) in [5.41, 5.74) is 0. The molecule has 17 heavy (non-hydrogen) atoms. The number of hydrogen-bond donors (Lipinski definition) is 1. The third-order valence-electron chi connectivity index (χ3n) is 2.84. The summed E-state index contributed by atoms with van der Waals surface area (Å²) in [5.74, 6) is 0. The Balaban J connectivity index is 3.11. The van der Waals surface area contributed by atoms with Crippen LogP contribution >= 0.6 is 0 Å². The molecule has 3 heteroatoms. The summed E-state index contributed by atoms with van der Waals surface area (Å²) in [6.07, 6.45) is 5.31. The Morgan fingerprint density at radius 3 is 2.41 bits per heavy atom. The van der Waals surface area contributed by atoms with Crippen molar-refractivity contribution in [2.45, 2.75) is 52.5 Å². The minimum absolute atomic E-state index is 0.625. The fourth-order valence-corrected chi connectivity index (χ4v) is 1.73. The lowest BCUT2D eigenvalue weighted by atomic mass is 10.2. The molecule has 0 aliphatic carbocycles. The van der Waals surface area contributed by atoms with E-state index in [0.29, 0.717) is 6.04 Å². The fraction of sp³-hybridized carbons (Fsp3) is 1.00. The standard InChI is InChI=1S/C14H32N2O/c1-5-17-13-12-16(4)11-9-7-6-8-10-15-14(2)3/h14-15H,5-13H2,1-4H3. The van der Waals surface area contributed by atoms with Crippen molar-refractivity contribution < 1.29 is 4.74 Å². The number of hydrogen-bond acceptors (Lipinski definition) is 3. The molecule has 0 saturated carbocycles. The van der Waals surface area contributed by atoms with Gasteiger partial charge in [0.1, 0.15) is 0 Å². The number of rotatable bonds is 12. The second-order valence-corrected chi connectivity index (χ2v) is 5.02. The van der Waals surface area contributed by atoms with E-state index in [2.05, 4.69) is 31.1 Å². The highest BCUT2D eigenvalue weighted by Gasteiger charge is 1.98. The molecule has 0 radical (unpaired) electrons. The average molecular weight is 244 g/mol. The molecule has 0 spiro atoms. The lowest BCUT2D eigenvalue weighted by Gasteiger charge is -2.16. The van der Waals surface area contributed by atoms with Crippen LogP contribution in [0, 0.1) is 0 Å². The molecule has 0 aromatic rings. The molecule has 104 valence electrons. The Kier molecular flexibility index (Phi) is 12.3. The minimum atomic E-state index is 0.625. The summed E-state index contributed by atoms with van der Waals surface area (Å²) in [5, 5.41) is 3.45. The molecule has 0 rings (SSSR count). The summed E-state index contributed by atoms with van der Waals surface area (Å²) in [4.78, 5) is 2.36. The zero-order valence-corrected chi connectivity index (χ0v) is 12.3. The van der Waals surface area contributed by atoms with Gasteiger partial charge in [-0.15, -0.1) is 0 Å². The van der Waals surface area contributed by atoms with E-state index in [4.69, 9.17) is 4.74 Å². The molecule has 3 nitrogen and oxygen atoms in total. The number of likely N-dealkylation sites (N-methyl/N-ethyl adjacent to an activating group) is 1. The Hall–Kier alpha value is -0.120. The van der Waals surface area contributed by atoms with E-state index in [-0.39, 0.29) is 0 Å². The molecule has 0 amide bonds. The van der Waals surface area contributed by atoms with Crippen molar-refractivity contribution in [3.05, 3.63) is 0 Å². The van der Waals surface area contributed by atoms with Crippen molar-refractivity contribution in [2.75, 3.05) is 39.9 Å². The maximum Gasteiger partial charge on any atom is 0.0593 e. The minimum Gasteiger partial charge on any atom is -0.380 e. The fourth-order valence-electron chi connectivity index (χ4n) is 1.73. The van der Waals surface area contributed by atoms with Crippen LogP contribution in [0.1, 0.15) is 46.5 Å². The van der Waals surface area contributed by atoms with Gasteiger partial charge in [0, 0.05) is 19.2 Å². The smallest absolute Gasteiger partial charge is 0.0593 e. The SMILES string of the molecule is CCOCCN(C)CCCCCCNC(C)C. The van der Waals surface area contributed by atoms with Crippen LogP contribution in [0.15, 0.2) is 0 Å². The summed E-state index contributed by atoms with van der Waals surface area (Å²) in [7, 11) is 2.18.